The van der Waals surface area contributed by atoms with E-state index in [-0.39, 0.29) is 0 Å². The largest absolute Gasteiger partial charge is 0.377 e. The van der Waals surface area contributed by atoms with Crippen molar-refractivity contribution in [1.29, 1.82) is 0 Å². The minimum absolute atomic E-state index is 0.426. The predicted octanol–water partition coefficient (Wildman–Crippen LogP) is 2.82. The minimum atomic E-state index is 0.426. The number of rotatable bonds is 4. The fourth-order valence-electron chi connectivity index (χ4n) is 2.60. The number of hydrogen-bond acceptors (Lipinski definition) is 3. The third-order valence-electron chi connectivity index (χ3n) is 3.88. The van der Waals surface area contributed by atoms with E-state index in [0.717, 1.165) is 31.3 Å². The van der Waals surface area contributed by atoms with Crippen LogP contribution in [0, 0.1) is 0 Å². The lowest BCUT2D eigenvalue weighted by Crippen LogP contribution is -2.44. The molecule has 1 saturated carbocycles. The number of hydrogen-bond donors (Lipinski definition) is 1. The van der Waals surface area contributed by atoms with Crippen molar-refractivity contribution in [2.75, 3.05) is 24.7 Å². The third kappa shape index (κ3) is 3.22. The molecule has 0 bridgehead atoms. The maximum Gasteiger partial charge on any atom is 0.0668 e. The normalized spacial score (nSPS) is 23.7. The van der Waals surface area contributed by atoms with Crippen LogP contribution in [-0.4, -0.2) is 31.8 Å². The molecule has 1 heterocycles. The SMILES string of the molecule is CC1COCCN1c1ccc(Cl)cc1CNC1CC1. The highest BCUT2D eigenvalue weighted by Crippen LogP contribution is 2.28. The molecule has 1 aliphatic heterocycles. The second-order valence-corrected chi connectivity index (χ2v) is 5.98. The molecule has 4 heteroatoms. The zero-order chi connectivity index (χ0) is 13.2. The monoisotopic (exact) mass is 280 g/mol. The number of nitrogens with one attached hydrogen (secondary N) is 1. The molecule has 104 valence electrons. The van der Waals surface area contributed by atoms with Crippen LogP contribution in [0.3, 0.4) is 0 Å². The Morgan fingerprint density at radius 3 is 3.00 bits per heavy atom. The van der Waals surface area contributed by atoms with Crippen molar-refractivity contribution < 1.29 is 4.74 Å². The quantitative estimate of drug-likeness (QED) is 0.918. The number of nitrogens with zero attached hydrogens (tertiary/aromatic N) is 1. The van der Waals surface area contributed by atoms with Crippen LogP contribution in [-0.2, 0) is 11.3 Å². The summed E-state index contributed by atoms with van der Waals surface area (Å²) in [6.07, 6.45) is 2.62. The van der Waals surface area contributed by atoms with Crippen molar-refractivity contribution in [3.8, 4) is 0 Å². The summed E-state index contributed by atoms with van der Waals surface area (Å²) in [6.45, 7) is 5.69. The summed E-state index contributed by atoms with van der Waals surface area (Å²) in [4.78, 5) is 2.43. The molecule has 1 N–H and O–H groups in total. The Balaban J connectivity index is 1.80. The average Bonchev–Trinajstić information content (AvgIpc) is 3.22. The highest BCUT2D eigenvalue weighted by molar-refractivity contribution is 6.30. The number of benzene rings is 1. The Morgan fingerprint density at radius 1 is 1.42 bits per heavy atom. The lowest BCUT2D eigenvalue weighted by Gasteiger charge is -2.36. The average molecular weight is 281 g/mol. The van der Waals surface area contributed by atoms with E-state index in [4.69, 9.17) is 16.3 Å². The molecule has 1 aromatic rings. The maximum atomic E-state index is 6.15. The summed E-state index contributed by atoms with van der Waals surface area (Å²) in [5, 5.41) is 4.39. The molecule has 0 radical (unpaired) electrons. The first-order valence-electron chi connectivity index (χ1n) is 7.10. The Bertz CT molecular complexity index is 448. The standard InChI is InChI=1S/C15H21ClN2O/c1-11-10-19-7-6-18(11)15-5-2-13(16)8-12(15)9-17-14-3-4-14/h2,5,8,11,14,17H,3-4,6-7,9-10H2,1H3. The Morgan fingerprint density at radius 2 is 2.26 bits per heavy atom. The van der Waals surface area contributed by atoms with E-state index in [1.54, 1.807) is 0 Å². The van der Waals surface area contributed by atoms with Gasteiger partial charge in [0.25, 0.3) is 0 Å². The van der Waals surface area contributed by atoms with Gasteiger partial charge in [-0.2, -0.15) is 0 Å². The second kappa shape index (κ2) is 5.70. The van der Waals surface area contributed by atoms with Crippen LogP contribution in [0.15, 0.2) is 18.2 Å². The van der Waals surface area contributed by atoms with E-state index in [1.165, 1.54) is 24.1 Å². The van der Waals surface area contributed by atoms with Gasteiger partial charge in [0.05, 0.1) is 13.2 Å². The van der Waals surface area contributed by atoms with E-state index < -0.39 is 0 Å². The molecule has 1 aromatic carbocycles. The van der Waals surface area contributed by atoms with Gasteiger partial charge in [-0.3, -0.25) is 0 Å². The van der Waals surface area contributed by atoms with Crippen LogP contribution in [0.2, 0.25) is 5.02 Å². The van der Waals surface area contributed by atoms with Gasteiger partial charge in [-0.1, -0.05) is 11.6 Å². The van der Waals surface area contributed by atoms with Gasteiger partial charge >= 0.3 is 0 Å². The molecule has 2 fully saturated rings. The molecule has 2 aliphatic rings. The van der Waals surface area contributed by atoms with Crippen LogP contribution < -0.4 is 10.2 Å². The summed E-state index contributed by atoms with van der Waals surface area (Å²) in [5.41, 5.74) is 2.60. The predicted molar refractivity (Wildman–Crippen MR) is 78.9 cm³/mol. The summed E-state index contributed by atoms with van der Waals surface area (Å²) >= 11 is 6.15. The molecule has 3 rings (SSSR count). The van der Waals surface area contributed by atoms with Crippen LogP contribution in [0.25, 0.3) is 0 Å². The van der Waals surface area contributed by atoms with Crippen molar-refractivity contribution in [1.82, 2.24) is 5.32 Å². The van der Waals surface area contributed by atoms with Gasteiger partial charge in [0.1, 0.15) is 0 Å². The van der Waals surface area contributed by atoms with Crippen molar-refractivity contribution in [2.24, 2.45) is 0 Å². The molecule has 1 saturated heterocycles. The Hall–Kier alpha value is -0.770. The van der Waals surface area contributed by atoms with Crippen LogP contribution in [0.5, 0.6) is 0 Å². The lowest BCUT2D eigenvalue weighted by atomic mass is 10.1. The third-order valence-corrected chi connectivity index (χ3v) is 4.11. The molecule has 1 atom stereocenters. The van der Waals surface area contributed by atoms with E-state index in [0.29, 0.717) is 12.1 Å². The van der Waals surface area contributed by atoms with Crippen LogP contribution >= 0.6 is 11.6 Å². The molecular weight excluding hydrogens is 260 g/mol. The number of halogens is 1. The van der Waals surface area contributed by atoms with Gasteiger partial charge in [0.2, 0.25) is 0 Å². The zero-order valence-corrected chi connectivity index (χ0v) is 12.1. The number of morpholine rings is 1. The zero-order valence-electron chi connectivity index (χ0n) is 11.4. The van der Waals surface area contributed by atoms with Crippen molar-refractivity contribution >= 4 is 17.3 Å². The summed E-state index contributed by atoms with van der Waals surface area (Å²) in [7, 11) is 0. The van der Waals surface area contributed by atoms with Crippen molar-refractivity contribution in [2.45, 2.75) is 38.4 Å². The second-order valence-electron chi connectivity index (χ2n) is 5.55. The first-order chi connectivity index (χ1) is 9.24. The van der Waals surface area contributed by atoms with E-state index in [2.05, 4.69) is 29.3 Å². The highest BCUT2D eigenvalue weighted by atomic mass is 35.5. The smallest absolute Gasteiger partial charge is 0.0668 e. The topological polar surface area (TPSA) is 24.5 Å². The highest BCUT2D eigenvalue weighted by Gasteiger charge is 2.23. The Kier molecular flexibility index (Phi) is 3.96. The minimum Gasteiger partial charge on any atom is -0.377 e. The van der Waals surface area contributed by atoms with E-state index >= 15 is 0 Å². The molecule has 0 aromatic heterocycles. The molecule has 0 spiro atoms. The number of anilines is 1. The van der Waals surface area contributed by atoms with Gasteiger partial charge in [0.15, 0.2) is 0 Å². The van der Waals surface area contributed by atoms with Crippen LogP contribution in [0.4, 0.5) is 5.69 Å². The van der Waals surface area contributed by atoms with E-state index in [1.807, 2.05) is 6.07 Å². The fourth-order valence-corrected chi connectivity index (χ4v) is 2.80. The van der Waals surface area contributed by atoms with Gasteiger partial charge in [-0.05, 0) is 43.5 Å². The van der Waals surface area contributed by atoms with Crippen molar-refractivity contribution in [3.63, 3.8) is 0 Å². The molecular formula is C15H21ClN2O. The molecule has 1 aliphatic carbocycles. The Labute approximate surface area is 119 Å². The summed E-state index contributed by atoms with van der Waals surface area (Å²) in [6, 6.07) is 7.37. The molecule has 0 amide bonds. The van der Waals surface area contributed by atoms with Gasteiger partial charge in [0, 0.05) is 35.9 Å². The van der Waals surface area contributed by atoms with Gasteiger partial charge in [-0.25, -0.2) is 0 Å². The molecule has 1 unspecified atom stereocenters. The maximum absolute atomic E-state index is 6.15. The molecule has 19 heavy (non-hydrogen) atoms. The van der Waals surface area contributed by atoms with Crippen molar-refractivity contribution in [3.05, 3.63) is 28.8 Å². The molecule has 3 nitrogen and oxygen atoms in total. The van der Waals surface area contributed by atoms with Gasteiger partial charge < -0.3 is 15.0 Å². The van der Waals surface area contributed by atoms with Gasteiger partial charge in [-0.15, -0.1) is 0 Å². The van der Waals surface area contributed by atoms with E-state index in [9.17, 15) is 0 Å². The summed E-state index contributed by atoms with van der Waals surface area (Å²) < 4.78 is 5.52. The van der Waals surface area contributed by atoms with Crippen LogP contribution in [0.1, 0.15) is 25.3 Å². The summed E-state index contributed by atoms with van der Waals surface area (Å²) in [5.74, 6) is 0. The lowest BCUT2D eigenvalue weighted by molar-refractivity contribution is 0.0988. The fraction of sp³-hybridized carbons (Fsp3) is 0.600. The first-order valence-corrected chi connectivity index (χ1v) is 7.48. The first kappa shape index (κ1) is 13.2. The number of ether oxygens (including phenoxy) is 1.